The van der Waals surface area contributed by atoms with Gasteiger partial charge in [-0.05, 0) is 24.3 Å². The van der Waals surface area contributed by atoms with Crippen molar-refractivity contribution in [3.8, 4) is 11.5 Å². The maximum atomic E-state index is 13.8. The zero-order valence-electron chi connectivity index (χ0n) is 17.5. The third-order valence-electron chi connectivity index (χ3n) is 5.88. The second-order valence-electron chi connectivity index (χ2n) is 7.54. The molecule has 5 rings (SSSR count). The molecule has 7 nitrogen and oxygen atoms in total. The number of ether oxygens (including phenoxy) is 2. The van der Waals surface area contributed by atoms with E-state index in [0.29, 0.717) is 39.6 Å². The molecule has 1 spiro atoms. The number of para-hydroxylation sites is 1. The van der Waals surface area contributed by atoms with E-state index in [2.05, 4.69) is 10.5 Å². The summed E-state index contributed by atoms with van der Waals surface area (Å²) in [5, 5.41) is 7.13. The van der Waals surface area contributed by atoms with Gasteiger partial charge in [0.2, 0.25) is 0 Å². The number of rotatable bonds is 5. The van der Waals surface area contributed by atoms with Crippen molar-refractivity contribution >= 4 is 23.1 Å². The maximum absolute atomic E-state index is 13.8. The number of hydrogen-bond acceptors (Lipinski definition) is 6. The molecule has 3 aromatic rings. The quantitative estimate of drug-likeness (QED) is 0.625. The number of anilines is 1. The van der Waals surface area contributed by atoms with Gasteiger partial charge in [0.05, 0.1) is 14.2 Å². The van der Waals surface area contributed by atoms with Crippen LogP contribution < -0.4 is 14.8 Å². The Hall–Kier alpha value is -4.13. The molecule has 1 N–H and O–H groups in total. The molecule has 0 unspecified atom stereocenters. The first-order valence-electron chi connectivity index (χ1n) is 10.1. The summed E-state index contributed by atoms with van der Waals surface area (Å²) in [6, 6.07) is 21.3. The van der Waals surface area contributed by atoms with E-state index in [1.807, 2.05) is 18.2 Å². The van der Waals surface area contributed by atoms with E-state index >= 15 is 0 Å². The molecule has 2 atom stereocenters. The minimum atomic E-state index is -1.59. The van der Waals surface area contributed by atoms with Crippen LogP contribution in [0.3, 0.4) is 0 Å². The first-order valence-corrected chi connectivity index (χ1v) is 10.1. The molecule has 0 radical (unpaired) electrons. The minimum absolute atomic E-state index is 0.261. The molecular formula is C25H20N2O5. The van der Waals surface area contributed by atoms with E-state index in [9.17, 15) is 9.59 Å². The molecule has 0 fully saturated rings. The van der Waals surface area contributed by atoms with Crippen molar-refractivity contribution in [1.29, 1.82) is 0 Å². The van der Waals surface area contributed by atoms with E-state index in [1.165, 1.54) is 7.11 Å². The Morgan fingerprint density at radius 3 is 2.44 bits per heavy atom. The number of amides is 1. The lowest BCUT2D eigenvalue weighted by Crippen LogP contribution is -2.46. The summed E-state index contributed by atoms with van der Waals surface area (Å²) < 4.78 is 10.8. The summed E-state index contributed by atoms with van der Waals surface area (Å²) in [5.41, 5.74) is 1.02. The van der Waals surface area contributed by atoms with E-state index < -0.39 is 17.4 Å². The summed E-state index contributed by atoms with van der Waals surface area (Å²) in [7, 11) is 3.08. The zero-order valence-corrected chi connectivity index (χ0v) is 17.5. The van der Waals surface area contributed by atoms with Gasteiger partial charge in [0.1, 0.15) is 11.6 Å². The lowest BCUT2D eigenvalue weighted by Gasteiger charge is -2.26. The second kappa shape index (κ2) is 7.53. The van der Waals surface area contributed by atoms with Crippen molar-refractivity contribution in [2.24, 2.45) is 11.1 Å². The van der Waals surface area contributed by atoms with Crippen LogP contribution in [-0.4, -0.2) is 31.6 Å². The third kappa shape index (κ3) is 2.78. The Morgan fingerprint density at radius 1 is 0.969 bits per heavy atom. The lowest BCUT2D eigenvalue weighted by atomic mass is 9.74. The minimum Gasteiger partial charge on any atom is -0.493 e. The number of nitrogens with zero attached hydrogens (tertiary/aromatic N) is 1. The predicted molar refractivity (Wildman–Crippen MR) is 118 cm³/mol. The van der Waals surface area contributed by atoms with E-state index in [0.717, 1.165) is 0 Å². The summed E-state index contributed by atoms with van der Waals surface area (Å²) in [6.07, 6.45) is 0. The van der Waals surface area contributed by atoms with Crippen LogP contribution >= 0.6 is 0 Å². The van der Waals surface area contributed by atoms with Crippen LogP contribution in [0.25, 0.3) is 0 Å². The molecule has 2 heterocycles. The highest BCUT2D eigenvalue weighted by Crippen LogP contribution is 2.50. The molecule has 0 aliphatic carbocycles. The zero-order chi connectivity index (χ0) is 22.3. The fourth-order valence-electron chi connectivity index (χ4n) is 4.34. The molecule has 3 aromatic carbocycles. The number of oxime groups is 1. The van der Waals surface area contributed by atoms with Gasteiger partial charge in [0.15, 0.2) is 17.3 Å². The molecule has 2 aliphatic heterocycles. The Morgan fingerprint density at radius 2 is 1.69 bits per heavy atom. The van der Waals surface area contributed by atoms with Gasteiger partial charge in [-0.3, -0.25) is 9.59 Å². The van der Waals surface area contributed by atoms with Crippen LogP contribution in [0.5, 0.6) is 11.5 Å². The Kier molecular flexibility index (Phi) is 4.66. The molecule has 0 saturated heterocycles. The number of carbonyl (C=O) groups is 2. The summed E-state index contributed by atoms with van der Waals surface area (Å²) in [5.74, 6) is -0.654. The van der Waals surface area contributed by atoms with Crippen LogP contribution in [0.15, 0.2) is 78.0 Å². The molecule has 0 bridgehead atoms. The lowest BCUT2D eigenvalue weighted by molar-refractivity contribution is -0.140. The standard InChI is InChI=1S/C25H20N2O5/c1-30-19-13-12-16(14-20(19)31-2)22-21(23(28)15-8-4-3-5-9-15)25(32-27-22)17-10-6-7-11-18(17)26-24(25)29/h3-14,21H,1-2H3,(H,26,29)/t21-,25-/m0/s1. The summed E-state index contributed by atoms with van der Waals surface area (Å²) in [4.78, 5) is 33.0. The number of methoxy groups -OCH3 is 2. The van der Waals surface area contributed by atoms with Gasteiger partial charge in [-0.2, -0.15) is 0 Å². The third-order valence-corrected chi connectivity index (χ3v) is 5.88. The Bertz CT molecular complexity index is 1250. The van der Waals surface area contributed by atoms with Crippen LogP contribution in [0.1, 0.15) is 21.5 Å². The average molecular weight is 428 g/mol. The van der Waals surface area contributed by atoms with Gasteiger partial charge in [-0.15, -0.1) is 0 Å². The SMILES string of the molecule is COc1ccc(C2=NO[C@]3(C(=O)Nc4ccccc43)[C@@H]2C(=O)c2ccccc2)cc1OC. The van der Waals surface area contributed by atoms with Crippen molar-refractivity contribution in [3.63, 3.8) is 0 Å². The number of carbonyl (C=O) groups excluding carboxylic acids is 2. The van der Waals surface area contributed by atoms with E-state index in [-0.39, 0.29) is 5.78 Å². The molecule has 0 aromatic heterocycles. The second-order valence-corrected chi connectivity index (χ2v) is 7.54. The normalized spacial score (nSPS) is 20.9. The molecule has 2 aliphatic rings. The Labute approximate surface area is 184 Å². The van der Waals surface area contributed by atoms with Gasteiger partial charge < -0.3 is 19.6 Å². The maximum Gasteiger partial charge on any atom is 0.277 e. The number of fused-ring (bicyclic) bond motifs is 2. The summed E-state index contributed by atoms with van der Waals surface area (Å²) in [6.45, 7) is 0. The number of ketones is 1. The smallest absolute Gasteiger partial charge is 0.277 e. The number of benzene rings is 3. The highest BCUT2D eigenvalue weighted by molar-refractivity contribution is 6.24. The predicted octanol–water partition coefficient (Wildman–Crippen LogP) is 3.78. The molecule has 32 heavy (non-hydrogen) atoms. The fraction of sp³-hybridized carbons (Fsp3) is 0.160. The monoisotopic (exact) mass is 428 g/mol. The van der Waals surface area contributed by atoms with Crippen LogP contribution in [0.2, 0.25) is 0 Å². The van der Waals surface area contributed by atoms with E-state index in [1.54, 1.807) is 61.7 Å². The first-order chi connectivity index (χ1) is 15.6. The highest BCUT2D eigenvalue weighted by atomic mass is 16.7. The molecule has 0 saturated carbocycles. The molecule has 1 amide bonds. The van der Waals surface area contributed by atoms with Crippen LogP contribution in [-0.2, 0) is 15.2 Å². The Balaban J connectivity index is 1.69. The van der Waals surface area contributed by atoms with Gasteiger partial charge in [-0.1, -0.05) is 53.7 Å². The molecule has 160 valence electrons. The molecular weight excluding hydrogens is 408 g/mol. The largest absolute Gasteiger partial charge is 0.493 e. The highest BCUT2D eigenvalue weighted by Gasteiger charge is 2.63. The van der Waals surface area contributed by atoms with Crippen molar-refractivity contribution in [1.82, 2.24) is 0 Å². The van der Waals surface area contributed by atoms with Crippen molar-refractivity contribution in [2.75, 3.05) is 19.5 Å². The van der Waals surface area contributed by atoms with Crippen LogP contribution in [0.4, 0.5) is 5.69 Å². The van der Waals surface area contributed by atoms with Crippen molar-refractivity contribution in [3.05, 3.63) is 89.5 Å². The van der Waals surface area contributed by atoms with Gasteiger partial charge in [0, 0.05) is 22.4 Å². The number of hydrogen-bond donors (Lipinski definition) is 1. The fourth-order valence-corrected chi connectivity index (χ4v) is 4.34. The van der Waals surface area contributed by atoms with Crippen LogP contribution in [0, 0.1) is 5.92 Å². The number of Topliss-reactive ketones (excluding diaryl/α,β-unsaturated/α-hetero) is 1. The summed E-state index contributed by atoms with van der Waals surface area (Å²) >= 11 is 0. The van der Waals surface area contributed by atoms with Crippen molar-refractivity contribution < 1.29 is 23.9 Å². The van der Waals surface area contributed by atoms with E-state index in [4.69, 9.17) is 14.3 Å². The van der Waals surface area contributed by atoms with Gasteiger partial charge in [0.25, 0.3) is 11.5 Å². The number of nitrogens with one attached hydrogen (secondary N) is 1. The molecule has 7 heteroatoms. The topological polar surface area (TPSA) is 86.2 Å². The van der Waals surface area contributed by atoms with Gasteiger partial charge >= 0.3 is 0 Å². The van der Waals surface area contributed by atoms with Crippen molar-refractivity contribution in [2.45, 2.75) is 5.60 Å². The van der Waals surface area contributed by atoms with Gasteiger partial charge in [-0.25, -0.2) is 0 Å². The first kappa shape index (κ1) is 19.8. The average Bonchev–Trinajstić information content (AvgIpc) is 3.37.